The Morgan fingerprint density at radius 2 is 2.03 bits per heavy atom. The molecule has 0 aliphatic rings. The maximum atomic E-state index is 12.6. The van der Waals surface area contributed by atoms with Crippen molar-refractivity contribution >= 4 is 61.6 Å². The van der Waals surface area contributed by atoms with Crippen LogP contribution in [0.25, 0.3) is 22.6 Å². The second-order valence-corrected chi connectivity index (χ2v) is 8.41. The minimum atomic E-state index is -0.614. The molecule has 0 aliphatic carbocycles. The van der Waals surface area contributed by atoms with Crippen molar-refractivity contribution in [2.45, 2.75) is 6.92 Å². The van der Waals surface area contributed by atoms with Gasteiger partial charge in [0.1, 0.15) is 11.3 Å². The number of aromatic nitrogens is 1. The first-order chi connectivity index (χ1) is 16.7. The number of amides is 1. The number of nitro groups is 1. The highest BCUT2D eigenvalue weighted by Gasteiger charge is 2.19. The molecule has 1 aromatic heterocycles. The highest BCUT2D eigenvalue weighted by atomic mass is 79.9. The Morgan fingerprint density at radius 3 is 2.74 bits per heavy atom. The van der Waals surface area contributed by atoms with Gasteiger partial charge in [-0.15, -0.1) is 0 Å². The Kier molecular flexibility index (Phi) is 6.94. The normalized spacial score (nSPS) is 10.7. The zero-order valence-corrected chi connectivity index (χ0v) is 20.5. The molecule has 10 nitrogen and oxygen atoms in total. The minimum Gasteiger partial charge on any atom is -0.507 e. The number of carbonyl (C=O) groups is 1. The summed E-state index contributed by atoms with van der Waals surface area (Å²) in [5.41, 5.74) is 2.05. The van der Waals surface area contributed by atoms with Crippen LogP contribution in [-0.4, -0.2) is 32.6 Å². The monoisotopic (exact) mass is 556 g/mol. The van der Waals surface area contributed by atoms with Gasteiger partial charge in [-0.3, -0.25) is 20.2 Å². The van der Waals surface area contributed by atoms with Crippen LogP contribution in [0, 0.1) is 10.1 Å². The molecule has 0 saturated heterocycles. The first-order valence-electron chi connectivity index (χ1n) is 10.2. The molecule has 0 spiro atoms. The molecule has 3 aromatic carbocycles. The van der Waals surface area contributed by atoms with E-state index < -0.39 is 10.8 Å². The summed E-state index contributed by atoms with van der Waals surface area (Å²) in [6.07, 6.45) is 0. The summed E-state index contributed by atoms with van der Waals surface area (Å²) >= 11 is 8.49. The topological polar surface area (TPSA) is 140 Å². The third-order valence-corrected chi connectivity index (χ3v) is 5.62. The van der Waals surface area contributed by atoms with E-state index in [0.29, 0.717) is 32.7 Å². The Bertz CT molecular complexity index is 1470. The Balaban J connectivity index is 1.47. The number of fused-ring (bicyclic) bond motifs is 1. The predicted octanol–water partition coefficient (Wildman–Crippen LogP) is 5.40. The number of hydrogen-bond donors (Lipinski definition) is 3. The number of halogens is 1. The molecule has 4 aromatic rings. The Morgan fingerprint density at radius 1 is 1.23 bits per heavy atom. The molecule has 0 fully saturated rings. The minimum absolute atomic E-state index is 0.00271. The number of ether oxygens (including phenoxy) is 1. The molecule has 0 atom stereocenters. The van der Waals surface area contributed by atoms with Crippen molar-refractivity contribution in [2.24, 2.45) is 0 Å². The van der Waals surface area contributed by atoms with Crippen molar-refractivity contribution < 1.29 is 24.0 Å². The maximum absolute atomic E-state index is 12.6. The molecule has 4 rings (SSSR count). The van der Waals surface area contributed by atoms with Gasteiger partial charge in [0.05, 0.1) is 16.0 Å². The number of phenolic OH excluding ortho intramolecular Hbond substituents is 1. The number of anilines is 1. The van der Waals surface area contributed by atoms with E-state index in [0.717, 1.165) is 6.07 Å². The molecule has 1 heterocycles. The molecule has 12 heteroatoms. The van der Waals surface area contributed by atoms with Crippen molar-refractivity contribution in [3.8, 4) is 23.0 Å². The summed E-state index contributed by atoms with van der Waals surface area (Å²) in [7, 11) is 0. The van der Waals surface area contributed by atoms with E-state index in [1.165, 1.54) is 18.2 Å². The van der Waals surface area contributed by atoms with Crippen LogP contribution in [0.2, 0.25) is 0 Å². The van der Waals surface area contributed by atoms with Crippen LogP contribution >= 0.6 is 28.1 Å². The lowest BCUT2D eigenvalue weighted by Crippen LogP contribution is -2.34. The predicted molar refractivity (Wildman–Crippen MR) is 137 cm³/mol. The van der Waals surface area contributed by atoms with Crippen LogP contribution in [0.4, 0.5) is 11.4 Å². The number of hydrogen-bond acceptors (Lipinski definition) is 8. The van der Waals surface area contributed by atoms with Gasteiger partial charge in [-0.25, -0.2) is 4.98 Å². The Labute approximate surface area is 212 Å². The highest BCUT2D eigenvalue weighted by molar-refractivity contribution is 9.10. The summed E-state index contributed by atoms with van der Waals surface area (Å²) in [4.78, 5) is 27.7. The fraction of sp³-hybridized carbons (Fsp3) is 0.0870. The van der Waals surface area contributed by atoms with Crippen molar-refractivity contribution in [2.75, 3.05) is 11.9 Å². The summed E-state index contributed by atoms with van der Waals surface area (Å²) in [5, 5.41) is 26.4. The molecule has 0 unspecified atom stereocenters. The molecule has 0 bridgehead atoms. The van der Waals surface area contributed by atoms with Gasteiger partial charge in [-0.1, -0.05) is 0 Å². The van der Waals surface area contributed by atoms with E-state index >= 15 is 0 Å². The average Bonchev–Trinajstić information content (AvgIpc) is 3.24. The van der Waals surface area contributed by atoms with E-state index in [1.54, 1.807) is 37.3 Å². The first kappa shape index (κ1) is 24.1. The standard InChI is InChI=1S/C23H17BrN4O6S/c1-2-33-20-7-4-12(10-17(20)28(31)32)21(30)27-23(35)25-14-5-8-19-16(11-14)26-22(34-19)13-3-6-18(29)15(24)9-13/h3-11,29H,2H2,1H3,(H2,25,27,30,35). The number of rotatable bonds is 6. The third-order valence-electron chi connectivity index (χ3n) is 4.78. The highest BCUT2D eigenvalue weighted by Crippen LogP contribution is 2.32. The lowest BCUT2D eigenvalue weighted by molar-refractivity contribution is -0.385. The van der Waals surface area contributed by atoms with Gasteiger partial charge in [-0.05, 0) is 83.6 Å². The van der Waals surface area contributed by atoms with Gasteiger partial charge in [0, 0.05) is 22.9 Å². The first-order valence-corrected chi connectivity index (χ1v) is 11.4. The van der Waals surface area contributed by atoms with Crippen LogP contribution in [0.3, 0.4) is 0 Å². The van der Waals surface area contributed by atoms with Crippen LogP contribution in [-0.2, 0) is 0 Å². The second kappa shape index (κ2) is 10.1. The number of nitrogens with zero attached hydrogens (tertiary/aromatic N) is 2. The van der Waals surface area contributed by atoms with Crippen LogP contribution in [0.5, 0.6) is 11.5 Å². The number of oxazole rings is 1. The maximum Gasteiger partial charge on any atom is 0.311 e. The fourth-order valence-corrected chi connectivity index (χ4v) is 3.77. The second-order valence-electron chi connectivity index (χ2n) is 7.15. The quantitative estimate of drug-likeness (QED) is 0.162. The SMILES string of the molecule is CCOc1ccc(C(=O)NC(=S)Nc2ccc3oc(-c4ccc(O)c(Br)c4)nc3c2)cc1[N+](=O)[O-]. The zero-order chi connectivity index (χ0) is 25.1. The van der Waals surface area contributed by atoms with Gasteiger partial charge < -0.3 is 19.6 Å². The van der Waals surface area contributed by atoms with Gasteiger partial charge >= 0.3 is 5.69 Å². The van der Waals surface area contributed by atoms with E-state index in [-0.39, 0.29) is 34.5 Å². The summed E-state index contributed by atoms with van der Waals surface area (Å²) in [5.74, 6) is -0.0661. The fourth-order valence-electron chi connectivity index (χ4n) is 3.19. The van der Waals surface area contributed by atoms with Crippen LogP contribution in [0.1, 0.15) is 17.3 Å². The van der Waals surface area contributed by atoms with E-state index in [1.807, 2.05) is 0 Å². The third kappa shape index (κ3) is 5.39. The smallest absolute Gasteiger partial charge is 0.311 e. The lowest BCUT2D eigenvalue weighted by Gasteiger charge is -2.10. The number of nitro benzene ring substituents is 1. The van der Waals surface area contributed by atoms with Crippen LogP contribution in [0.15, 0.2) is 63.5 Å². The summed E-state index contributed by atoms with van der Waals surface area (Å²) in [6, 6.07) is 13.9. The molecule has 0 saturated carbocycles. The average molecular weight is 557 g/mol. The number of carbonyl (C=O) groups excluding carboxylic acids is 1. The van der Waals surface area contributed by atoms with Crippen molar-refractivity contribution in [3.63, 3.8) is 0 Å². The largest absolute Gasteiger partial charge is 0.507 e. The van der Waals surface area contributed by atoms with E-state index in [2.05, 4.69) is 31.5 Å². The van der Waals surface area contributed by atoms with Gasteiger partial charge in [0.15, 0.2) is 16.4 Å². The molecule has 35 heavy (non-hydrogen) atoms. The zero-order valence-electron chi connectivity index (χ0n) is 18.1. The molecular weight excluding hydrogens is 540 g/mol. The molecule has 3 N–H and O–H groups in total. The molecule has 0 radical (unpaired) electrons. The van der Waals surface area contributed by atoms with E-state index in [9.17, 15) is 20.0 Å². The number of thiocarbonyl (C=S) groups is 1. The van der Waals surface area contributed by atoms with Crippen LogP contribution < -0.4 is 15.4 Å². The molecule has 1 amide bonds. The number of benzene rings is 3. The number of aromatic hydroxyl groups is 1. The van der Waals surface area contributed by atoms with Gasteiger partial charge in [0.2, 0.25) is 5.89 Å². The lowest BCUT2D eigenvalue weighted by atomic mass is 10.1. The molecule has 0 aliphatic heterocycles. The molecular formula is C23H17BrN4O6S. The number of phenols is 1. The van der Waals surface area contributed by atoms with Crippen molar-refractivity contribution in [1.29, 1.82) is 0 Å². The van der Waals surface area contributed by atoms with Crippen molar-refractivity contribution in [3.05, 3.63) is 74.7 Å². The van der Waals surface area contributed by atoms with Gasteiger partial charge in [0.25, 0.3) is 5.91 Å². The van der Waals surface area contributed by atoms with E-state index in [4.69, 9.17) is 21.4 Å². The summed E-state index contributed by atoms with van der Waals surface area (Å²) < 4.78 is 11.5. The Hall–Kier alpha value is -4.03. The number of nitrogens with one attached hydrogen (secondary N) is 2. The van der Waals surface area contributed by atoms with Gasteiger partial charge in [-0.2, -0.15) is 0 Å². The molecule has 178 valence electrons. The summed E-state index contributed by atoms with van der Waals surface area (Å²) in [6.45, 7) is 1.96. The van der Waals surface area contributed by atoms with Crippen molar-refractivity contribution in [1.82, 2.24) is 10.3 Å².